The number of aromatic nitrogens is 3. The van der Waals surface area contributed by atoms with Gasteiger partial charge in [0.15, 0.2) is 0 Å². The molecule has 4 heteroatoms. The van der Waals surface area contributed by atoms with Crippen molar-refractivity contribution < 1.29 is 0 Å². The molecule has 2 aromatic rings. The molecule has 0 amide bonds. The van der Waals surface area contributed by atoms with Crippen molar-refractivity contribution >= 4 is 12.2 Å². The van der Waals surface area contributed by atoms with Crippen LogP contribution < -0.4 is 0 Å². The first-order chi connectivity index (χ1) is 8.25. The first-order valence-corrected chi connectivity index (χ1v) is 6.19. The van der Waals surface area contributed by atoms with Gasteiger partial charge < -0.3 is 4.98 Å². The average Bonchev–Trinajstić information content (AvgIpc) is 3.18. The molecule has 0 aromatic carbocycles. The second-order valence-electron chi connectivity index (χ2n) is 4.42. The second-order valence-corrected chi connectivity index (χ2v) is 4.80. The van der Waals surface area contributed by atoms with Gasteiger partial charge in [-0.15, -0.1) is 0 Å². The Morgan fingerprint density at radius 1 is 1.35 bits per heavy atom. The number of H-pyrrole nitrogens is 1. The number of hydrogen-bond donors (Lipinski definition) is 1. The van der Waals surface area contributed by atoms with Gasteiger partial charge in [-0.2, -0.15) is 0 Å². The van der Waals surface area contributed by atoms with Crippen LogP contribution in [0.3, 0.4) is 0 Å². The zero-order chi connectivity index (χ0) is 11.8. The van der Waals surface area contributed by atoms with E-state index in [1.165, 1.54) is 12.8 Å². The molecule has 3 rings (SSSR count). The van der Waals surface area contributed by atoms with Gasteiger partial charge in [-0.25, -0.2) is 4.98 Å². The van der Waals surface area contributed by atoms with Crippen LogP contribution in [0.15, 0.2) is 24.4 Å². The van der Waals surface area contributed by atoms with Gasteiger partial charge in [-0.1, -0.05) is 18.3 Å². The van der Waals surface area contributed by atoms with Crippen molar-refractivity contribution in [3.8, 4) is 11.4 Å². The lowest BCUT2D eigenvalue weighted by Gasteiger charge is -2.08. The summed E-state index contributed by atoms with van der Waals surface area (Å²) in [5, 5.41) is 0. The van der Waals surface area contributed by atoms with Crippen molar-refractivity contribution in [3.05, 3.63) is 40.4 Å². The van der Waals surface area contributed by atoms with E-state index in [1.54, 1.807) is 6.20 Å². The fourth-order valence-electron chi connectivity index (χ4n) is 1.87. The molecule has 2 aromatic heterocycles. The molecule has 0 aliphatic heterocycles. The lowest BCUT2D eigenvalue weighted by atomic mass is 10.2. The van der Waals surface area contributed by atoms with Gasteiger partial charge in [0, 0.05) is 17.7 Å². The van der Waals surface area contributed by atoms with Gasteiger partial charge in [0.1, 0.15) is 10.5 Å². The third-order valence-electron chi connectivity index (χ3n) is 3.06. The van der Waals surface area contributed by atoms with E-state index in [0.29, 0.717) is 10.6 Å². The SMILES string of the molecule is Cc1c(-c2ccccn2)[nH]c(C2CC2)nc1=S. The Hall–Kier alpha value is -1.55. The Balaban J connectivity index is 2.18. The Morgan fingerprint density at radius 3 is 2.82 bits per heavy atom. The molecule has 0 unspecified atom stereocenters. The Labute approximate surface area is 105 Å². The topological polar surface area (TPSA) is 41.6 Å². The minimum atomic E-state index is 0.569. The Bertz CT molecular complexity index is 600. The molecule has 0 spiro atoms. The van der Waals surface area contributed by atoms with E-state index in [1.807, 2.05) is 25.1 Å². The summed E-state index contributed by atoms with van der Waals surface area (Å²) in [5.74, 6) is 1.58. The highest BCUT2D eigenvalue weighted by atomic mass is 32.1. The predicted octanol–water partition coefficient (Wildman–Crippen LogP) is 3.39. The molecule has 3 nitrogen and oxygen atoms in total. The molecule has 1 aliphatic carbocycles. The highest BCUT2D eigenvalue weighted by molar-refractivity contribution is 7.71. The van der Waals surface area contributed by atoms with Crippen LogP contribution >= 0.6 is 12.2 Å². The summed E-state index contributed by atoms with van der Waals surface area (Å²) >= 11 is 5.32. The first-order valence-electron chi connectivity index (χ1n) is 5.78. The van der Waals surface area contributed by atoms with Crippen LogP contribution in [-0.2, 0) is 0 Å². The number of pyridine rings is 1. The van der Waals surface area contributed by atoms with Crippen LogP contribution in [0.4, 0.5) is 0 Å². The zero-order valence-electron chi connectivity index (χ0n) is 9.60. The fourth-order valence-corrected chi connectivity index (χ4v) is 2.07. The van der Waals surface area contributed by atoms with Crippen molar-refractivity contribution in [2.24, 2.45) is 0 Å². The van der Waals surface area contributed by atoms with Crippen LogP contribution in [0, 0.1) is 11.6 Å². The maximum absolute atomic E-state index is 5.32. The van der Waals surface area contributed by atoms with E-state index in [0.717, 1.165) is 22.8 Å². The summed E-state index contributed by atoms with van der Waals surface area (Å²) < 4.78 is 0.686. The summed E-state index contributed by atoms with van der Waals surface area (Å²) in [5.41, 5.74) is 2.94. The minimum Gasteiger partial charge on any atom is -0.341 e. The fraction of sp³-hybridized carbons (Fsp3) is 0.308. The largest absolute Gasteiger partial charge is 0.341 e. The molecule has 2 heterocycles. The van der Waals surface area contributed by atoms with Crippen molar-refractivity contribution in [3.63, 3.8) is 0 Å². The Kier molecular flexibility index (Phi) is 2.52. The highest BCUT2D eigenvalue weighted by Gasteiger charge is 2.26. The second kappa shape index (κ2) is 4.04. The molecule has 1 fully saturated rings. The van der Waals surface area contributed by atoms with E-state index < -0.39 is 0 Å². The molecule has 0 atom stereocenters. The summed E-state index contributed by atoms with van der Waals surface area (Å²) in [6, 6.07) is 5.89. The average molecular weight is 243 g/mol. The number of hydrogen-bond acceptors (Lipinski definition) is 3. The first kappa shape index (κ1) is 10.6. The molecule has 0 saturated heterocycles. The molecule has 1 aliphatic rings. The quantitative estimate of drug-likeness (QED) is 0.822. The smallest absolute Gasteiger partial charge is 0.133 e. The molecule has 86 valence electrons. The van der Waals surface area contributed by atoms with E-state index in [-0.39, 0.29) is 0 Å². The summed E-state index contributed by atoms with van der Waals surface area (Å²) in [7, 11) is 0. The molecule has 17 heavy (non-hydrogen) atoms. The van der Waals surface area contributed by atoms with Crippen LogP contribution in [-0.4, -0.2) is 15.0 Å². The van der Waals surface area contributed by atoms with E-state index in [9.17, 15) is 0 Å². The normalized spacial score (nSPS) is 14.9. The molecule has 0 bridgehead atoms. The standard InChI is InChI=1S/C13H13N3S/c1-8-11(10-4-2-3-7-14-10)15-12(9-5-6-9)16-13(8)17/h2-4,7,9H,5-6H2,1H3,(H,15,16,17). The lowest BCUT2D eigenvalue weighted by Crippen LogP contribution is -2.00. The minimum absolute atomic E-state index is 0.569. The maximum atomic E-state index is 5.32. The van der Waals surface area contributed by atoms with Gasteiger partial charge in [-0.05, 0) is 31.9 Å². The third-order valence-corrected chi connectivity index (χ3v) is 3.45. The van der Waals surface area contributed by atoms with E-state index >= 15 is 0 Å². The Morgan fingerprint density at radius 2 is 2.18 bits per heavy atom. The van der Waals surface area contributed by atoms with Crippen LogP contribution in [0.1, 0.15) is 30.1 Å². The van der Waals surface area contributed by atoms with Crippen molar-refractivity contribution in [2.45, 2.75) is 25.7 Å². The van der Waals surface area contributed by atoms with Gasteiger partial charge in [-0.3, -0.25) is 4.98 Å². The summed E-state index contributed by atoms with van der Waals surface area (Å²) in [4.78, 5) is 12.2. The van der Waals surface area contributed by atoms with Crippen molar-refractivity contribution in [1.29, 1.82) is 0 Å². The molecular weight excluding hydrogens is 230 g/mol. The molecule has 1 saturated carbocycles. The third kappa shape index (κ3) is 2.00. The number of nitrogens with zero attached hydrogens (tertiary/aromatic N) is 2. The lowest BCUT2D eigenvalue weighted by molar-refractivity contribution is 0.911. The summed E-state index contributed by atoms with van der Waals surface area (Å²) in [6.45, 7) is 1.99. The number of nitrogens with one attached hydrogen (secondary N) is 1. The van der Waals surface area contributed by atoms with Gasteiger partial charge in [0.25, 0.3) is 0 Å². The van der Waals surface area contributed by atoms with Crippen LogP contribution in [0.5, 0.6) is 0 Å². The molecule has 1 N–H and O–H groups in total. The predicted molar refractivity (Wildman–Crippen MR) is 69.4 cm³/mol. The van der Waals surface area contributed by atoms with Gasteiger partial charge in [0.05, 0.1) is 11.4 Å². The van der Waals surface area contributed by atoms with Gasteiger partial charge in [0.2, 0.25) is 0 Å². The zero-order valence-corrected chi connectivity index (χ0v) is 10.4. The van der Waals surface area contributed by atoms with Crippen LogP contribution in [0.2, 0.25) is 0 Å². The number of rotatable bonds is 2. The molecular formula is C13H13N3S. The maximum Gasteiger partial charge on any atom is 0.133 e. The highest BCUT2D eigenvalue weighted by Crippen LogP contribution is 2.38. The summed E-state index contributed by atoms with van der Waals surface area (Å²) in [6.07, 6.45) is 4.22. The van der Waals surface area contributed by atoms with E-state index in [2.05, 4.69) is 15.0 Å². The van der Waals surface area contributed by atoms with Crippen LogP contribution in [0.25, 0.3) is 11.4 Å². The number of aromatic amines is 1. The molecule has 0 radical (unpaired) electrons. The van der Waals surface area contributed by atoms with Crippen molar-refractivity contribution in [2.75, 3.05) is 0 Å². The van der Waals surface area contributed by atoms with Gasteiger partial charge >= 0.3 is 0 Å². The van der Waals surface area contributed by atoms with E-state index in [4.69, 9.17) is 12.2 Å². The van der Waals surface area contributed by atoms with Crippen molar-refractivity contribution in [1.82, 2.24) is 15.0 Å². The monoisotopic (exact) mass is 243 g/mol.